The zero-order valence-electron chi connectivity index (χ0n) is 14.2. The summed E-state index contributed by atoms with van der Waals surface area (Å²) in [5, 5.41) is 11.0. The van der Waals surface area contributed by atoms with Gasteiger partial charge in [0.25, 0.3) is 0 Å². The van der Waals surface area contributed by atoms with E-state index in [1.807, 2.05) is 30.0 Å². The van der Waals surface area contributed by atoms with Gasteiger partial charge in [0.1, 0.15) is 17.9 Å². The summed E-state index contributed by atoms with van der Waals surface area (Å²) >= 11 is 0. The highest BCUT2D eigenvalue weighted by molar-refractivity contribution is 5.87. The smallest absolute Gasteiger partial charge is 0.248 e. The average Bonchev–Trinajstić information content (AvgIpc) is 2.58. The molecule has 6 nitrogen and oxygen atoms in total. The van der Waals surface area contributed by atoms with E-state index < -0.39 is 0 Å². The van der Waals surface area contributed by atoms with Crippen LogP contribution in [0.5, 0.6) is 5.75 Å². The standard InChI is InChI=1S/C18H23N3O3/c1-13-3-5-15-14(4-6-16(22)18(15)19-13)11-20-7-9-21(10-8-20)17(23)12-24-2/h3-6,22H,7-12H2,1-2H3. The van der Waals surface area contributed by atoms with Crippen molar-refractivity contribution < 1.29 is 14.6 Å². The Morgan fingerprint density at radius 3 is 2.67 bits per heavy atom. The topological polar surface area (TPSA) is 65.9 Å². The molecule has 24 heavy (non-hydrogen) atoms. The lowest BCUT2D eigenvalue weighted by Crippen LogP contribution is -2.49. The van der Waals surface area contributed by atoms with E-state index in [-0.39, 0.29) is 18.3 Å². The van der Waals surface area contributed by atoms with Gasteiger partial charge in [-0.1, -0.05) is 12.1 Å². The molecule has 1 N–H and O–H groups in total. The van der Waals surface area contributed by atoms with Crippen LogP contribution in [0, 0.1) is 6.92 Å². The Hall–Kier alpha value is -2.18. The van der Waals surface area contributed by atoms with Crippen LogP contribution in [0.15, 0.2) is 24.3 Å². The van der Waals surface area contributed by atoms with Crippen LogP contribution in [0.2, 0.25) is 0 Å². The van der Waals surface area contributed by atoms with Crippen LogP contribution in [0.1, 0.15) is 11.3 Å². The molecule has 128 valence electrons. The summed E-state index contributed by atoms with van der Waals surface area (Å²) in [6.07, 6.45) is 0. The van der Waals surface area contributed by atoms with Crippen molar-refractivity contribution in [2.24, 2.45) is 0 Å². The number of carbonyl (C=O) groups is 1. The van der Waals surface area contributed by atoms with Gasteiger partial charge in [-0.2, -0.15) is 0 Å². The number of fused-ring (bicyclic) bond motifs is 1. The first-order valence-electron chi connectivity index (χ1n) is 8.16. The number of aryl methyl sites for hydroxylation is 1. The molecule has 2 heterocycles. The molecule has 3 rings (SSSR count). The van der Waals surface area contributed by atoms with E-state index in [0.29, 0.717) is 5.52 Å². The highest BCUT2D eigenvalue weighted by Gasteiger charge is 2.21. The molecule has 0 atom stereocenters. The summed E-state index contributed by atoms with van der Waals surface area (Å²) in [4.78, 5) is 20.5. The minimum absolute atomic E-state index is 0.0481. The van der Waals surface area contributed by atoms with Gasteiger partial charge in [0, 0.05) is 50.9 Å². The first-order chi connectivity index (χ1) is 11.6. The van der Waals surface area contributed by atoms with Crippen LogP contribution in [-0.2, 0) is 16.1 Å². The second-order valence-electron chi connectivity index (χ2n) is 6.18. The predicted octanol–water partition coefficient (Wildman–Crippen LogP) is 1.54. The molecule has 0 spiro atoms. The van der Waals surface area contributed by atoms with Crippen molar-refractivity contribution in [1.29, 1.82) is 0 Å². The van der Waals surface area contributed by atoms with E-state index in [1.54, 1.807) is 13.2 Å². The zero-order valence-corrected chi connectivity index (χ0v) is 14.2. The molecule has 1 aliphatic rings. The molecule has 1 aromatic carbocycles. The van der Waals surface area contributed by atoms with Crippen molar-refractivity contribution in [2.45, 2.75) is 13.5 Å². The van der Waals surface area contributed by atoms with Gasteiger partial charge in [-0.25, -0.2) is 4.98 Å². The quantitative estimate of drug-likeness (QED) is 0.922. The molecule has 1 aromatic heterocycles. The third kappa shape index (κ3) is 3.49. The molecule has 0 saturated carbocycles. The number of nitrogens with zero attached hydrogens (tertiary/aromatic N) is 3. The zero-order chi connectivity index (χ0) is 17.1. The Bertz CT molecular complexity index is 740. The SMILES string of the molecule is COCC(=O)N1CCN(Cc2ccc(O)c3nc(C)ccc23)CC1. The number of hydrogen-bond donors (Lipinski definition) is 1. The third-order valence-electron chi connectivity index (χ3n) is 4.45. The highest BCUT2D eigenvalue weighted by Crippen LogP contribution is 2.27. The summed E-state index contributed by atoms with van der Waals surface area (Å²) in [5.41, 5.74) is 2.69. The molecule has 1 fully saturated rings. The molecule has 6 heteroatoms. The number of pyridine rings is 1. The van der Waals surface area contributed by atoms with Crippen molar-refractivity contribution in [3.8, 4) is 5.75 Å². The number of amides is 1. The lowest BCUT2D eigenvalue weighted by molar-refractivity contribution is -0.136. The van der Waals surface area contributed by atoms with Gasteiger partial charge in [0.2, 0.25) is 5.91 Å². The highest BCUT2D eigenvalue weighted by atomic mass is 16.5. The Labute approximate surface area is 141 Å². The van der Waals surface area contributed by atoms with E-state index in [4.69, 9.17) is 4.74 Å². The van der Waals surface area contributed by atoms with Crippen molar-refractivity contribution in [1.82, 2.24) is 14.8 Å². The van der Waals surface area contributed by atoms with E-state index in [1.165, 1.54) is 0 Å². The number of phenolic OH excluding ortho intramolecular Hbond substituents is 1. The number of rotatable bonds is 4. The average molecular weight is 329 g/mol. The van der Waals surface area contributed by atoms with Crippen molar-refractivity contribution in [3.05, 3.63) is 35.5 Å². The second-order valence-corrected chi connectivity index (χ2v) is 6.18. The fraction of sp³-hybridized carbons (Fsp3) is 0.444. The first kappa shape index (κ1) is 16.7. The molecular formula is C18H23N3O3. The van der Waals surface area contributed by atoms with E-state index in [9.17, 15) is 9.90 Å². The van der Waals surface area contributed by atoms with Crippen LogP contribution in [0.25, 0.3) is 10.9 Å². The Kier molecular flexibility index (Phi) is 4.97. The van der Waals surface area contributed by atoms with Crippen molar-refractivity contribution >= 4 is 16.8 Å². The van der Waals surface area contributed by atoms with Crippen LogP contribution in [0.3, 0.4) is 0 Å². The maximum absolute atomic E-state index is 11.9. The summed E-state index contributed by atoms with van der Waals surface area (Å²) in [6, 6.07) is 7.65. The van der Waals surface area contributed by atoms with Crippen LogP contribution >= 0.6 is 0 Å². The van der Waals surface area contributed by atoms with Gasteiger partial charge in [0.05, 0.1) is 0 Å². The maximum Gasteiger partial charge on any atom is 0.248 e. The first-order valence-corrected chi connectivity index (χ1v) is 8.16. The molecule has 1 saturated heterocycles. The van der Waals surface area contributed by atoms with Gasteiger partial charge in [0.15, 0.2) is 0 Å². The molecule has 0 unspecified atom stereocenters. The fourth-order valence-electron chi connectivity index (χ4n) is 3.11. The largest absolute Gasteiger partial charge is 0.506 e. The van der Waals surface area contributed by atoms with E-state index >= 15 is 0 Å². The Morgan fingerprint density at radius 2 is 1.96 bits per heavy atom. The van der Waals surface area contributed by atoms with Gasteiger partial charge >= 0.3 is 0 Å². The number of ether oxygens (including phenoxy) is 1. The van der Waals surface area contributed by atoms with Gasteiger partial charge in [-0.15, -0.1) is 0 Å². The van der Waals surface area contributed by atoms with Crippen LogP contribution in [-0.4, -0.2) is 65.7 Å². The molecule has 0 aliphatic carbocycles. The van der Waals surface area contributed by atoms with Gasteiger partial charge in [-0.3, -0.25) is 9.69 Å². The summed E-state index contributed by atoms with van der Waals surface area (Å²) in [7, 11) is 1.54. The molecule has 1 amide bonds. The Morgan fingerprint density at radius 1 is 1.21 bits per heavy atom. The van der Waals surface area contributed by atoms with Crippen molar-refractivity contribution in [2.75, 3.05) is 39.9 Å². The number of hydrogen-bond acceptors (Lipinski definition) is 5. The van der Waals surface area contributed by atoms with E-state index in [2.05, 4.69) is 9.88 Å². The van der Waals surface area contributed by atoms with Crippen LogP contribution < -0.4 is 0 Å². The van der Waals surface area contributed by atoms with Gasteiger partial charge in [-0.05, 0) is 24.6 Å². The van der Waals surface area contributed by atoms with Crippen LogP contribution in [0.4, 0.5) is 0 Å². The maximum atomic E-state index is 11.9. The third-order valence-corrected chi connectivity index (χ3v) is 4.45. The lowest BCUT2D eigenvalue weighted by atomic mass is 10.1. The molecule has 0 bridgehead atoms. The number of aromatic nitrogens is 1. The normalized spacial score (nSPS) is 15.8. The fourth-order valence-corrected chi connectivity index (χ4v) is 3.11. The number of phenols is 1. The molecular weight excluding hydrogens is 306 g/mol. The molecule has 0 radical (unpaired) electrons. The summed E-state index contributed by atoms with van der Waals surface area (Å²) < 4.78 is 4.91. The van der Waals surface area contributed by atoms with Gasteiger partial charge < -0.3 is 14.7 Å². The second kappa shape index (κ2) is 7.15. The number of piperazine rings is 1. The summed E-state index contributed by atoms with van der Waals surface area (Å²) in [5.74, 6) is 0.263. The number of methoxy groups -OCH3 is 1. The Balaban J connectivity index is 1.71. The number of aromatic hydroxyl groups is 1. The lowest BCUT2D eigenvalue weighted by Gasteiger charge is -2.34. The van der Waals surface area contributed by atoms with Crippen molar-refractivity contribution in [3.63, 3.8) is 0 Å². The summed E-state index contributed by atoms with van der Waals surface area (Å²) in [6.45, 7) is 5.95. The number of carbonyl (C=O) groups excluding carboxylic acids is 1. The molecule has 2 aromatic rings. The molecule has 1 aliphatic heterocycles. The minimum Gasteiger partial charge on any atom is -0.506 e. The number of benzene rings is 1. The predicted molar refractivity (Wildman–Crippen MR) is 91.9 cm³/mol. The minimum atomic E-state index is 0.0481. The van der Waals surface area contributed by atoms with E-state index in [0.717, 1.165) is 49.4 Å². The monoisotopic (exact) mass is 329 g/mol.